The number of anilines is 2. The van der Waals surface area contributed by atoms with Crippen LogP contribution < -0.4 is 10.0 Å². The van der Waals surface area contributed by atoms with Crippen LogP contribution in [-0.4, -0.2) is 19.2 Å². The molecule has 0 saturated heterocycles. The van der Waals surface area contributed by atoms with Crippen molar-refractivity contribution in [1.82, 2.24) is 9.71 Å². The Morgan fingerprint density at radius 2 is 1.70 bits per heavy atom. The highest BCUT2D eigenvalue weighted by Crippen LogP contribution is 2.25. The summed E-state index contributed by atoms with van der Waals surface area (Å²) in [5.41, 5.74) is 3.07. The maximum Gasteiger partial charge on any atom is 0.240 e. The van der Waals surface area contributed by atoms with Crippen LogP contribution in [0.1, 0.15) is 26.4 Å². The molecular weight excluding hydrogens is 461 g/mol. The Hall–Kier alpha value is -3.40. The molecule has 1 aromatic heterocycles. The molecule has 1 heterocycles. The van der Waals surface area contributed by atoms with E-state index in [1.54, 1.807) is 36.5 Å². The fraction of sp³-hybridized carbons (Fsp3) is 0.0833. The van der Waals surface area contributed by atoms with Crippen molar-refractivity contribution in [3.63, 3.8) is 0 Å². The number of aryl methyl sites for hydroxylation is 1. The van der Waals surface area contributed by atoms with Gasteiger partial charge in [0.15, 0.2) is 5.13 Å². The van der Waals surface area contributed by atoms with Crippen molar-refractivity contribution in [3.8, 4) is 0 Å². The Morgan fingerprint density at radius 1 is 1.00 bits per heavy atom. The standard InChI is InChI=1S/C24H20FN3O3S2/c1-16-4-2-3-5-21(16)23(29)22-15-26-24(32-22)28-19-10-6-17(7-11-19)14-27-33(30,31)20-12-8-18(25)9-13-20/h2-13,15,27H,14H2,1H3,(H,26,28). The van der Waals surface area contributed by atoms with E-state index in [-0.39, 0.29) is 17.2 Å². The maximum atomic E-state index is 13.0. The van der Waals surface area contributed by atoms with Crippen LogP contribution in [0.15, 0.2) is 83.9 Å². The van der Waals surface area contributed by atoms with Crippen molar-refractivity contribution >= 4 is 38.0 Å². The molecule has 9 heteroatoms. The van der Waals surface area contributed by atoms with E-state index in [0.717, 1.165) is 28.9 Å². The van der Waals surface area contributed by atoms with Crippen LogP contribution in [0.2, 0.25) is 0 Å². The van der Waals surface area contributed by atoms with Gasteiger partial charge in [-0.3, -0.25) is 4.79 Å². The molecule has 0 saturated carbocycles. The fourth-order valence-corrected chi connectivity index (χ4v) is 4.91. The molecule has 0 fully saturated rings. The summed E-state index contributed by atoms with van der Waals surface area (Å²) in [5, 5.41) is 3.74. The van der Waals surface area contributed by atoms with Crippen LogP contribution in [0.25, 0.3) is 0 Å². The summed E-state index contributed by atoms with van der Waals surface area (Å²) in [6.07, 6.45) is 1.56. The summed E-state index contributed by atoms with van der Waals surface area (Å²) in [6.45, 7) is 1.99. The summed E-state index contributed by atoms with van der Waals surface area (Å²) in [4.78, 5) is 17.5. The average molecular weight is 482 g/mol. The van der Waals surface area contributed by atoms with Crippen molar-refractivity contribution < 1.29 is 17.6 Å². The van der Waals surface area contributed by atoms with Gasteiger partial charge in [0.05, 0.1) is 16.0 Å². The largest absolute Gasteiger partial charge is 0.332 e. The quantitative estimate of drug-likeness (QED) is 0.344. The van der Waals surface area contributed by atoms with Crippen LogP contribution in [-0.2, 0) is 16.6 Å². The molecule has 168 valence electrons. The van der Waals surface area contributed by atoms with Gasteiger partial charge in [-0.25, -0.2) is 22.5 Å². The zero-order valence-corrected chi connectivity index (χ0v) is 19.2. The van der Waals surface area contributed by atoms with Crippen molar-refractivity contribution in [2.75, 3.05) is 5.32 Å². The van der Waals surface area contributed by atoms with Gasteiger partial charge in [-0.1, -0.05) is 47.7 Å². The average Bonchev–Trinajstić information content (AvgIpc) is 3.27. The predicted molar refractivity (Wildman–Crippen MR) is 127 cm³/mol. The number of hydrogen-bond acceptors (Lipinski definition) is 6. The lowest BCUT2D eigenvalue weighted by Gasteiger charge is -2.08. The van der Waals surface area contributed by atoms with Crippen LogP contribution >= 0.6 is 11.3 Å². The molecule has 0 amide bonds. The van der Waals surface area contributed by atoms with Crippen molar-refractivity contribution in [2.45, 2.75) is 18.4 Å². The lowest BCUT2D eigenvalue weighted by Crippen LogP contribution is -2.23. The third-order valence-electron chi connectivity index (χ3n) is 4.91. The number of hydrogen-bond donors (Lipinski definition) is 2. The van der Waals surface area contributed by atoms with Crippen molar-refractivity contribution in [3.05, 3.63) is 106 Å². The smallest absolute Gasteiger partial charge is 0.240 e. The van der Waals surface area contributed by atoms with E-state index in [1.807, 2.05) is 25.1 Å². The van der Waals surface area contributed by atoms with E-state index in [2.05, 4.69) is 15.0 Å². The van der Waals surface area contributed by atoms with Gasteiger partial charge in [-0.05, 0) is 54.4 Å². The summed E-state index contributed by atoms with van der Waals surface area (Å²) < 4.78 is 40.2. The van der Waals surface area contributed by atoms with Gasteiger partial charge in [-0.2, -0.15) is 0 Å². The van der Waals surface area contributed by atoms with E-state index in [0.29, 0.717) is 15.6 Å². The minimum absolute atomic E-state index is 0.00186. The molecule has 0 spiro atoms. The Kier molecular flexibility index (Phi) is 6.64. The highest BCUT2D eigenvalue weighted by molar-refractivity contribution is 7.89. The number of nitrogens with zero attached hydrogens (tertiary/aromatic N) is 1. The minimum atomic E-state index is -3.74. The number of nitrogens with one attached hydrogen (secondary N) is 2. The summed E-state index contributed by atoms with van der Waals surface area (Å²) in [6, 6.07) is 19.2. The SMILES string of the molecule is Cc1ccccc1C(=O)c1cnc(Nc2ccc(CNS(=O)(=O)c3ccc(F)cc3)cc2)s1. The van der Waals surface area contributed by atoms with Crippen LogP contribution in [0.3, 0.4) is 0 Å². The Bertz CT molecular complexity index is 1380. The van der Waals surface area contributed by atoms with Crippen LogP contribution in [0.4, 0.5) is 15.2 Å². The lowest BCUT2D eigenvalue weighted by molar-refractivity contribution is 0.104. The van der Waals surface area contributed by atoms with Gasteiger partial charge >= 0.3 is 0 Å². The number of thiazole rings is 1. The Morgan fingerprint density at radius 3 is 2.39 bits per heavy atom. The predicted octanol–water partition coefficient (Wildman–Crippen LogP) is 5.04. The summed E-state index contributed by atoms with van der Waals surface area (Å²) >= 11 is 1.27. The van der Waals surface area contributed by atoms with Crippen molar-refractivity contribution in [2.24, 2.45) is 0 Å². The number of benzene rings is 3. The molecule has 0 aliphatic carbocycles. The molecule has 3 aromatic carbocycles. The second kappa shape index (κ2) is 9.62. The number of rotatable bonds is 8. The number of ketones is 1. The molecular formula is C24H20FN3O3S2. The highest BCUT2D eigenvalue weighted by Gasteiger charge is 2.15. The second-order valence-corrected chi connectivity index (χ2v) is 10.1. The molecule has 0 aliphatic heterocycles. The molecule has 0 unspecified atom stereocenters. The van der Waals surface area contributed by atoms with Gasteiger partial charge in [0, 0.05) is 17.8 Å². The molecule has 2 N–H and O–H groups in total. The van der Waals surface area contributed by atoms with Crippen molar-refractivity contribution in [1.29, 1.82) is 0 Å². The first kappa shape index (κ1) is 22.8. The Balaban J connectivity index is 1.38. The number of aromatic nitrogens is 1. The second-order valence-electron chi connectivity index (χ2n) is 7.27. The van der Waals surface area contributed by atoms with Crippen LogP contribution in [0, 0.1) is 12.7 Å². The van der Waals surface area contributed by atoms with Gasteiger partial charge in [0.25, 0.3) is 0 Å². The summed E-state index contributed by atoms with van der Waals surface area (Å²) in [7, 11) is -3.74. The van der Waals surface area contributed by atoms with Gasteiger partial charge in [0.1, 0.15) is 5.82 Å². The van der Waals surface area contributed by atoms with E-state index in [9.17, 15) is 17.6 Å². The van der Waals surface area contributed by atoms with Gasteiger partial charge < -0.3 is 5.32 Å². The van der Waals surface area contributed by atoms with E-state index < -0.39 is 15.8 Å². The monoisotopic (exact) mass is 481 g/mol. The first-order chi connectivity index (χ1) is 15.8. The Labute approximate surface area is 195 Å². The zero-order chi connectivity index (χ0) is 23.4. The zero-order valence-electron chi connectivity index (χ0n) is 17.6. The molecule has 33 heavy (non-hydrogen) atoms. The third-order valence-corrected chi connectivity index (χ3v) is 7.24. The maximum absolute atomic E-state index is 13.0. The third kappa shape index (κ3) is 5.51. The van der Waals surface area contributed by atoms with E-state index in [4.69, 9.17) is 0 Å². The first-order valence-electron chi connectivity index (χ1n) is 9.99. The van der Waals surface area contributed by atoms with Gasteiger partial charge in [-0.15, -0.1) is 0 Å². The topological polar surface area (TPSA) is 88.2 Å². The molecule has 4 rings (SSSR count). The van der Waals surface area contributed by atoms with Crippen LogP contribution in [0.5, 0.6) is 0 Å². The number of carbonyl (C=O) groups is 1. The minimum Gasteiger partial charge on any atom is -0.332 e. The number of carbonyl (C=O) groups excluding carboxylic acids is 1. The normalized spacial score (nSPS) is 11.3. The number of sulfonamides is 1. The summed E-state index contributed by atoms with van der Waals surface area (Å²) in [5.74, 6) is -0.564. The highest BCUT2D eigenvalue weighted by atomic mass is 32.2. The lowest BCUT2D eigenvalue weighted by atomic mass is 10.0. The molecule has 0 atom stereocenters. The van der Waals surface area contributed by atoms with E-state index in [1.165, 1.54) is 23.5 Å². The fourth-order valence-electron chi connectivity index (χ4n) is 3.10. The molecule has 4 aromatic rings. The molecule has 0 bridgehead atoms. The van der Waals surface area contributed by atoms with E-state index >= 15 is 0 Å². The molecule has 0 radical (unpaired) electrons. The molecule has 6 nitrogen and oxygen atoms in total. The first-order valence-corrected chi connectivity index (χ1v) is 12.3. The van der Waals surface area contributed by atoms with Gasteiger partial charge in [0.2, 0.25) is 15.8 Å². The molecule has 0 aliphatic rings. The number of halogens is 1.